The zero-order valence-electron chi connectivity index (χ0n) is 56.0. The van der Waals surface area contributed by atoms with Gasteiger partial charge in [0.15, 0.2) is 0 Å². The number of aliphatic carboxylic acids is 3. The molecule has 0 unspecified atom stereocenters. The molecule has 0 saturated carbocycles. The zero-order chi connectivity index (χ0) is 69.3. The summed E-state index contributed by atoms with van der Waals surface area (Å²) in [6.45, 7) is 17.8. The second-order valence-electron chi connectivity index (χ2n) is 24.4. The van der Waals surface area contributed by atoms with Crippen molar-refractivity contribution in [1.82, 2.24) is 76.6 Å². The molecule has 0 aliphatic carbocycles. The number of aromatic amines is 3. The van der Waals surface area contributed by atoms with E-state index in [0.29, 0.717) is 36.7 Å². The molecule has 3 aromatic heterocycles. The van der Waals surface area contributed by atoms with Crippen LogP contribution >= 0.6 is 0 Å². The van der Waals surface area contributed by atoms with Crippen molar-refractivity contribution in [2.45, 2.75) is 158 Å². The summed E-state index contributed by atoms with van der Waals surface area (Å²) in [5, 5.41) is 72.1. The Morgan fingerprint density at radius 2 is 0.594 bits per heavy atom. The van der Waals surface area contributed by atoms with Gasteiger partial charge in [0.25, 0.3) is 0 Å². The molecule has 3 atom stereocenters. The number of tetrazole rings is 3. The minimum Gasteiger partial charge on any atom is -0.480 e. The SMILES string of the molecule is CCCCC(=O)N(Cc1ccc(-c2ccccc2-c2nn[nH]n2)cc1)[C@@H](C(=O)O)C(C)C.CCCCC(=O)N(Cc1ccc(-c2ccccc2-c2nn[nH]n2)cc1)[C@H](C(=O)O)C(C)C.CCCCC(=O)N(Cc1ccc(-c2ccccc2-c2nn[nH]n2)cc1)[C@H](C(=O)O)C(C)C.[HH].[HH].[HH].[HH].[HH].[HH].[HH].[HH].[HH]. The minimum atomic E-state index is -0.976. The lowest BCUT2D eigenvalue weighted by molar-refractivity contribution is -0.153. The zero-order valence-corrected chi connectivity index (χ0v) is 56.0. The Kier molecular flexibility index (Phi) is 27.4. The van der Waals surface area contributed by atoms with Gasteiger partial charge in [-0.05, 0) is 103 Å². The molecule has 0 aliphatic rings. The maximum absolute atomic E-state index is 12.9. The number of carbonyl (C=O) groups excluding carboxylic acids is 3. The molecule has 6 N–H and O–H groups in total. The van der Waals surface area contributed by atoms with Gasteiger partial charge in [-0.1, -0.05) is 227 Å². The van der Waals surface area contributed by atoms with Gasteiger partial charge >= 0.3 is 17.9 Å². The summed E-state index contributed by atoms with van der Waals surface area (Å²) < 4.78 is 0. The van der Waals surface area contributed by atoms with Gasteiger partial charge < -0.3 is 30.0 Å². The number of carboxylic acids is 3. The molecule has 0 aliphatic heterocycles. The smallest absolute Gasteiger partial charge is 0.326 e. The van der Waals surface area contributed by atoms with Crippen molar-refractivity contribution in [2.75, 3.05) is 0 Å². The summed E-state index contributed by atoms with van der Waals surface area (Å²) >= 11 is 0. The number of carboxylic acid groups (broad SMARTS) is 3. The number of rotatable bonds is 30. The first-order valence-electron chi connectivity index (χ1n) is 32.6. The number of benzene rings is 6. The number of nitrogens with zero attached hydrogens (tertiary/aromatic N) is 12. The molecule has 0 radical (unpaired) electrons. The monoisotopic (exact) mass is 1320 g/mol. The van der Waals surface area contributed by atoms with Crippen LogP contribution in [0, 0.1) is 17.8 Å². The Labute approximate surface area is 572 Å². The van der Waals surface area contributed by atoms with Crippen LogP contribution in [0.4, 0.5) is 0 Å². The first-order chi connectivity index (χ1) is 46.3. The van der Waals surface area contributed by atoms with Crippen molar-refractivity contribution in [2.24, 2.45) is 17.8 Å². The molecule has 0 bridgehead atoms. The van der Waals surface area contributed by atoms with E-state index in [9.17, 15) is 44.1 Å². The van der Waals surface area contributed by atoms with E-state index in [1.165, 1.54) is 14.7 Å². The van der Waals surface area contributed by atoms with Crippen LogP contribution in [0.3, 0.4) is 0 Å². The third kappa shape index (κ3) is 19.7. The van der Waals surface area contributed by atoms with E-state index in [0.717, 1.165) is 105 Å². The van der Waals surface area contributed by atoms with E-state index in [-0.39, 0.29) is 67.9 Å². The van der Waals surface area contributed by atoms with E-state index >= 15 is 0 Å². The first-order valence-corrected chi connectivity index (χ1v) is 32.6. The van der Waals surface area contributed by atoms with E-state index < -0.39 is 36.0 Å². The highest BCUT2D eigenvalue weighted by molar-refractivity contribution is 5.87. The van der Waals surface area contributed by atoms with E-state index in [2.05, 4.69) is 61.9 Å². The molecule has 0 spiro atoms. The molecule has 24 nitrogen and oxygen atoms in total. The molecule has 24 heteroatoms. The van der Waals surface area contributed by atoms with Gasteiger partial charge in [-0.15, -0.1) is 30.6 Å². The molecular formula is C72H105N15O9. The van der Waals surface area contributed by atoms with Crippen LogP contribution in [0.5, 0.6) is 0 Å². The van der Waals surface area contributed by atoms with Crippen molar-refractivity contribution >= 4 is 35.6 Å². The number of hydrogen-bond acceptors (Lipinski definition) is 15. The molecule has 6 aromatic carbocycles. The average Bonchev–Trinajstić information content (AvgIpc) is 1.81. The third-order valence-electron chi connectivity index (χ3n) is 16.2. The number of unbranched alkanes of at least 4 members (excludes halogenated alkanes) is 3. The molecule has 0 saturated heterocycles. The lowest BCUT2D eigenvalue weighted by Gasteiger charge is -2.32. The van der Waals surface area contributed by atoms with E-state index in [1.807, 2.05) is 208 Å². The van der Waals surface area contributed by atoms with E-state index in [1.54, 1.807) is 0 Å². The number of carbonyl (C=O) groups is 6. The normalized spacial score (nSPS) is 12.0. The van der Waals surface area contributed by atoms with Crippen molar-refractivity contribution < 1.29 is 56.9 Å². The molecular weight excluding hydrogens is 1220 g/mol. The summed E-state index contributed by atoms with van der Waals surface area (Å²) in [5.41, 5.74) is 11.0. The second kappa shape index (κ2) is 36.1. The van der Waals surface area contributed by atoms with Gasteiger partial charge in [-0.2, -0.15) is 15.6 Å². The number of H-pyrrole nitrogens is 3. The van der Waals surface area contributed by atoms with Gasteiger partial charge in [-0.3, -0.25) is 14.4 Å². The number of aromatic nitrogens is 12. The van der Waals surface area contributed by atoms with Crippen LogP contribution in [0.1, 0.15) is 150 Å². The molecule has 522 valence electrons. The highest BCUT2D eigenvalue weighted by atomic mass is 16.4. The number of amides is 3. The average molecular weight is 1320 g/mol. The lowest BCUT2D eigenvalue weighted by atomic mass is 9.97. The topological polar surface area (TPSA) is 336 Å². The fraction of sp³-hybridized carbons (Fsp3) is 0.375. The molecule has 3 heterocycles. The third-order valence-corrected chi connectivity index (χ3v) is 16.2. The van der Waals surface area contributed by atoms with Crippen LogP contribution in [0.15, 0.2) is 146 Å². The fourth-order valence-corrected chi connectivity index (χ4v) is 11.4. The Balaban J connectivity index is -0.00000143. The Morgan fingerprint density at radius 1 is 0.365 bits per heavy atom. The lowest BCUT2D eigenvalue weighted by Crippen LogP contribution is -2.47. The number of hydrogen-bond donors (Lipinski definition) is 6. The molecule has 9 rings (SSSR count). The molecule has 96 heavy (non-hydrogen) atoms. The minimum absolute atomic E-state index is 0. The van der Waals surface area contributed by atoms with Crippen molar-refractivity contribution in [3.63, 3.8) is 0 Å². The molecule has 9 aromatic rings. The maximum atomic E-state index is 12.9. The summed E-state index contributed by atoms with van der Waals surface area (Å²) in [5.74, 6) is -2.35. The quantitative estimate of drug-likeness (QED) is 0.0244. The summed E-state index contributed by atoms with van der Waals surface area (Å²) in [7, 11) is 0. The molecule has 0 fully saturated rings. The van der Waals surface area contributed by atoms with Crippen LogP contribution in [0.25, 0.3) is 67.5 Å². The Hall–Kier alpha value is -10.7. The summed E-state index contributed by atoms with van der Waals surface area (Å²) in [6, 6.07) is 44.2. The van der Waals surface area contributed by atoms with Gasteiger partial charge in [0.05, 0.1) is 0 Å². The Bertz CT molecular complexity index is 3540. The first kappa shape index (κ1) is 72.8. The molecule has 3 amide bonds. The predicted molar refractivity (Wildman–Crippen MR) is 383 cm³/mol. The van der Waals surface area contributed by atoms with Crippen molar-refractivity contribution in [3.05, 3.63) is 162 Å². The largest absolute Gasteiger partial charge is 0.480 e. The predicted octanol–water partition coefficient (Wildman–Crippen LogP) is 14.7. The van der Waals surface area contributed by atoms with Crippen molar-refractivity contribution in [3.8, 4) is 67.5 Å². The van der Waals surface area contributed by atoms with Gasteiger partial charge in [0.1, 0.15) is 18.1 Å². The standard InChI is InChI=1S/3C24H29N5O3.9H2/c3*1-4-5-10-21(30)29(22(16(2)3)24(31)32)15-17-11-13-18(14-12-17)19-8-6-7-9-20(19)23-25-27-28-26-23;;;;;;;;;/h3*6-9,11-14,16,22H,4-5,10,15H2,1-3H3,(H,31,32)(H,25,26,27,28);9*1H/t3*22-;;;;;;;;;/m100........./s1. The van der Waals surface area contributed by atoms with Crippen LogP contribution < -0.4 is 0 Å². The van der Waals surface area contributed by atoms with Gasteiger partial charge in [0, 0.05) is 68.4 Å². The van der Waals surface area contributed by atoms with E-state index in [4.69, 9.17) is 0 Å². The van der Waals surface area contributed by atoms with Gasteiger partial charge in [0.2, 0.25) is 35.2 Å². The maximum Gasteiger partial charge on any atom is 0.326 e. The highest BCUT2D eigenvalue weighted by Crippen LogP contribution is 2.34. The summed E-state index contributed by atoms with van der Waals surface area (Å²) in [4.78, 5) is 78.9. The fourth-order valence-electron chi connectivity index (χ4n) is 11.4. The Morgan fingerprint density at radius 3 is 0.781 bits per heavy atom. The second-order valence-corrected chi connectivity index (χ2v) is 24.4. The van der Waals surface area contributed by atoms with Crippen LogP contribution in [-0.4, -0.2) is 146 Å². The highest BCUT2D eigenvalue weighted by Gasteiger charge is 2.35. The summed E-state index contributed by atoms with van der Waals surface area (Å²) in [6.07, 6.45) is 5.92. The van der Waals surface area contributed by atoms with Crippen LogP contribution in [-0.2, 0) is 48.4 Å². The van der Waals surface area contributed by atoms with Crippen LogP contribution in [0.2, 0.25) is 0 Å². The number of nitrogens with one attached hydrogen (secondary N) is 3. The van der Waals surface area contributed by atoms with Crippen molar-refractivity contribution in [1.29, 1.82) is 0 Å². The van der Waals surface area contributed by atoms with Gasteiger partial charge in [-0.25, -0.2) is 14.4 Å².